The van der Waals surface area contributed by atoms with Gasteiger partial charge in [-0.2, -0.15) is 0 Å². The number of nitrogens with one attached hydrogen (secondary N) is 3. The standard InChI is InChI=1S/C24H21N5O4S2/c25-35(32,33)21-12-6-16(7-13-21)14-20-15-26-24(34-20)29-22(30)17-8-10-19(11-9-17)28-23(31)27-18-4-2-1-3-5-18/h1-13,15H,14H2,(H2,25,32,33)(H,26,29,30)(H2,27,28,31). The lowest BCUT2D eigenvalue weighted by Crippen LogP contribution is -2.19. The number of anilines is 3. The summed E-state index contributed by atoms with van der Waals surface area (Å²) in [4.78, 5) is 29.9. The summed E-state index contributed by atoms with van der Waals surface area (Å²) < 4.78 is 22.7. The van der Waals surface area contributed by atoms with Gasteiger partial charge in [-0.15, -0.1) is 11.3 Å². The Bertz CT molecular complexity index is 1440. The second-order valence-electron chi connectivity index (χ2n) is 7.47. The van der Waals surface area contributed by atoms with Gasteiger partial charge in [0, 0.05) is 34.4 Å². The maximum atomic E-state index is 12.6. The van der Waals surface area contributed by atoms with Crippen LogP contribution in [-0.2, 0) is 16.4 Å². The van der Waals surface area contributed by atoms with Crippen LogP contribution in [0.15, 0.2) is 90.0 Å². The van der Waals surface area contributed by atoms with Crippen LogP contribution < -0.4 is 21.1 Å². The molecule has 4 aromatic rings. The average Bonchev–Trinajstić information content (AvgIpc) is 3.26. The minimum Gasteiger partial charge on any atom is -0.308 e. The topological polar surface area (TPSA) is 143 Å². The highest BCUT2D eigenvalue weighted by Crippen LogP contribution is 2.23. The van der Waals surface area contributed by atoms with Crippen LogP contribution in [0, 0.1) is 0 Å². The molecule has 1 aromatic heterocycles. The summed E-state index contributed by atoms with van der Waals surface area (Å²) >= 11 is 1.32. The number of rotatable bonds is 7. The van der Waals surface area contributed by atoms with Crippen LogP contribution in [0.1, 0.15) is 20.8 Å². The Morgan fingerprint density at radius 2 is 1.46 bits per heavy atom. The van der Waals surface area contributed by atoms with Crippen molar-refractivity contribution < 1.29 is 18.0 Å². The Morgan fingerprint density at radius 1 is 0.829 bits per heavy atom. The van der Waals surface area contributed by atoms with Gasteiger partial charge in [0.1, 0.15) is 0 Å². The van der Waals surface area contributed by atoms with Crippen molar-refractivity contribution in [2.45, 2.75) is 11.3 Å². The highest BCUT2D eigenvalue weighted by Gasteiger charge is 2.11. The van der Waals surface area contributed by atoms with Gasteiger partial charge in [0.05, 0.1) is 4.90 Å². The third-order valence-corrected chi connectivity index (χ3v) is 6.68. The van der Waals surface area contributed by atoms with Gasteiger partial charge in [0.15, 0.2) is 5.13 Å². The molecule has 0 unspecified atom stereocenters. The molecule has 1 heterocycles. The minimum absolute atomic E-state index is 0.0524. The number of amides is 3. The molecule has 0 aliphatic carbocycles. The summed E-state index contributed by atoms with van der Waals surface area (Å²) in [6, 6.07) is 21.4. The number of aromatic nitrogens is 1. The first-order valence-electron chi connectivity index (χ1n) is 10.4. The molecular formula is C24H21N5O4S2. The van der Waals surface area contributed by atoms with Crippen LogP contribution in [-0.4, -0.2) is 25.3 Å². The van der Waals surface area contributed by atoms with E-state index in [-0.39, 0.29) is 16.8 Å². The molecule has 0 fully saturated rings. The molecule has 0 saturated heterocycles. The van der Waals surface area contributed by atoms with Gasteiger partial charge in [-0.25, -0.2) is 23.3 Å². The molecule has 9 nitrogen and oxygen atoms in total. The van der Waals surface area contributed by atoms with E-state index in [1.807, 2.05) is 18.2 Å². The number of hydrogen-bond acceptors (Lipinski definition) is 6. The summed E-state index contributed by atoms with van der Waals surface area (Å²) in [5.41, 5.74) is 2.51. The quantitative estimate of drug-likeness (QED) is 0.295. The van der Waals surface area contributed by atoms with E-state index in [9.17, 15) is 18.0 Å². The molecule has 3 amide bonds. The van der Waals surface area contributed by atoms with Gasteiger partial charge in [0.2, 0.25) is 10.0 Å². The molecule has 0 radical (unpaired) electrons. The van der Waals surface area contributed by atoms with E-state index in [0.717, 1.165) is 10.4 Å². The number of nitrogens with two attached hydrogens (primary N) is 1. The van der Waals surface area contributed by atoms with E-state index in [4.69, 9.17) is 5.14 Å². The highest BCUT2D eigenvalue weighted by atomic mass is 32.2. The van der Waals surface area contributed by atoms with Crippen molar-refractivity contribution in [2.24, 2.45) is 5.14 Å². The zero-order valence-corrected chi connectivity index (χ0v) is 19.9. The largest absolute Gasteiger partial charge is 0.323 e. The predicted molar refractivity (Wildman–Crippen MR) is 136 cm³/mol. The van der Waals surface area contributed by atoms with Crippen LogP contribution in [0.5, 0.6) is 0 Å². The first kappa shape index (κ1) is 24.1. The average molecular weight is 508 g/mol. The third-order valence-electron chi connectivity index (χ3n) is 4.84. The third kappa shape index (κ3) is 6.73. The van der Waals surface area contributed by atoms with E-state index >= 15 is 0 Å². The smallest absolute Gasteiger partial charge is 0.308 e. The van der Waals surface area contributed by atoms with E-state index in [1.165, 1.54) is 23.5 Å². The van der Waals surface area contributed by atoms with Gasteiger partial charge in [-0.1, -0.05) is 30.3 Å². The van der Waals surface area contributed by atoms with E-state index in [2.05, 4.69) is 20.9 Å². The monoisotopic (exact) mass is 507 g/mol. The SMILES string of the molecule is NS(=O)(=O)c1ccc(Cc2cnc(NC(=O)c3ccc(NC(=O)Nc4ccccc4)cc3)s2)cc1. The van der Waals surface area contributed by atoms with Gasteiger partial charge < -0.3 is 10.6 Å². The normalized spacial score (nSPS) is 11.0. The predicted octanol–water partition coefficient (Wildman–Crippen LogP) is 4.28. The Morgan fingerprint density at radius 3 is 2.09 bits per heavy atom. The lowest BCUT2D eigenvalue weighted by molar-refractivity contribution is 0.102. The maximum absolute atomic E-state index is 12.6. The summed E-state index contributed by atoms with van der Waals surface area (Å²) in [5, 5.41) is 13.8. The van der Waals surface area contributed by atoms with Gasteiger partial charge in [0.25, 0.3) is 5.91 Å². The molecule has 0 atom stereocenters. The number of carbonyl (C=O) groups is 2. The number of urea groups is 1. The fraction of sp³-hybridized carbons (Fsp3) is 0.0417. The number of thiazole rings is 1. The van der Waals surface area contributed by atoms with Gasteiger partial charge in [-0.3, -0.25) is 10.1 Å². The Labute approximate surface area is 206 Å². The number of sulfonamides is 1. The van der Waals surface area contributed by atoms with Crippen molar-refractivity contribution in [3.8, 4) is 0 Å². The van der Waals surface area contributed by atoms with Gasteiger partial charge in [-0.05, 0) is 54.1 Å². The number of carbonyl (C=O) groups excluding carboxylic acids is 2. The molecule has 0 bridgehead atoms. The van der Waals surface area contributed by atoms with Crippen LogP contribution in [0.3, 0.4) is 0 Å². The van der Waals surface area contributed by atoms with E-state index in [1.54, 1.807) is 54.7 Å². The van der Waals surface area contributed by atoms with E-state index in [0.29, 0.717) is 28.5 Å². The summed E-state index contributed by atoms with van der Waals surface area (Å²) in [7, 11) is -3.73. The Hall–Kier alpha value is -4.06. The number of nitrogens with zero attached hydrogens (tertiary/aromatic N) is 1. The van der Waals surface area contributed by atoms with Crippen molar-refractivity contribution >= 4 is 49.8 Å². The number of hydrogen-bond donors (Lipinski definition) is 4. The second kappa shape index (κ2) is 10.5. The van der Waals surface area contributed by atoms with Crippen molar-refractivity contribution in [3.63, 3.8) is 0 Å². The summed E-state index contributed by atoms with van der Waals surface area (Å²) in [6.45, 7) is 0. The van der Waals surface area contributed by atoms with Crippen LogP contribution in [0.2, 0.25) is 0 Å². The Kier molecular flexibility index (Phi) is 7.20. The van der Waals surface area contributed by atoms with Crippen molar-refractivity contribution in [1.82, 2.24) is 4.98 Å². The maximum Gasteiger partial charge on any atom is 0.323 e. The fourth-order valence-corrected chi connectivity index (χ4v) is 4.49. The molecule has 11 heteroatoms. The minimum atomic E-state index is -3.73. The Balaban J connectivity index is 1.31. The molecule has 178 valence electrons. The van der Waals surface area contributed by atoms with Crippen molar-refractivity contribution in [1.29, 1.82) is 0 Å². The second-order valence-corrected chi connectivity index (χ2v) is 10.2. The molecule has 0 spiro atoms. The molecular weight excluding hydrogens is 486 g/mol. The first-order chi connectivity index (χ1) is 16.8. The lowest BCUT2D eigenvalue weighted by atomic mass is 10.1. The molecule has 35 heavy (non-hydrogen) atoms. The zero-order chi connectivity index (χ0) is 24.8. The molecule has 3 aromatic carbocycles. The van der Waals surface area contributed by atoms with E-state index < -0.39 is 10.0 Å². The molecule has 0 saturated carbocycles. The lowest BCUT2D eigenvalue weighted by Gasteiger charge is -2.08. The number of para-hydroxylation sites is 1. The van der Waals surface area contributed by atoms with Gasteiger partial charge >= 0.3 is 6.03 Å². The molecule has 5 N–H and O–H groups in total. The molecule has 0 aliphatic heterocycles. The molecule has 0 aliphatic rings. The summed E-state index contributed by atoms with van der Waals surface area (Å²) in [6.07, 6.45) is 2.19. The number of benzene rings is 3. The highest BCUT2D eigenvalue weighted by molar-refractivity contribution is 7.89. The van der Waals surface area contributed by atoms with Crippen molar-refractivity contribution in [2.75, 3.05) is 16.0 Å². The first-order valence-corrected chi connectivity index (χ1v) is 12.7. The fourth-order valence-electron chi connectivity index (χ4n) is 3.13. The number of primary sulfonamides is 1. The van der Waals surface area contributed by atoms with Crippen LogP contribution in [0.4, 0.5) is 21.3 Å². The zero-order valence-electron chi connectivity index (χ0n) is 18.3. The summed E-state index contributed by atoms with van der Waals surface area (Å²) in [5.74, 6) is -0.330. The van der Waals surface area contributed by atoms with Crippen molar-refractivity contribution in [3.05, 3.63) is 101 Å². The van der Waals surface area contributed by atoms with Crippen LogP contribution >= 0.6 is 11.3 Å². The molecule has 4 rings (SSSR count). The van der Waals surface area contributed by atoms with Crippen LogP contribution in [0.25, 0.3) is 0 Å².